The zero-order valence-electron chi connectivity index (χ0n) is 13.7. The maximum Gasteiger partial charge on any atom is 0.124 e. The lowest BCUT2D eigenvalue weighted by Gasteiger charge is -2.23. The van der Waals surface area contributed by atoms with Crippen LogP contribution >= 0.6 is 0 Å². The summed E-state index contributed by atoms with van der Waals surface area (Å²) < 4.78 is 12.3. The third-order valence-corrected chi connectivity index (χ3v) is 5.69. The van der Waals surface area contributed by atoms with Gasteiger partial charge in [-0.3, -0.25) is 0 Å². The zero-order chi connectivity index (χ0) is 16.4. The summed E-state index contributed by atoms with van der Waals surface area (Å²) in [6.45, 7) is 1.27. The maximum absolute atomic E-state index is 6.17. The molecule has 120 valence electrons. The highest BCUT2D eigenvalue weighted by Gasteiger charge is 2.50. The van der Waals surface area contributed by atoms with Gasteiger partial charge in [0.15, 0.2) is 0 Å². The van der Waals surface area contributed by atoms with E-state index in [0.717, 1.165) is 11.5 Å². The summed E-state index contributed by atoms with van der Waals surface area (Å²) in [7, 11) is 0. The molecule has 2 aliphatic rings. The van der Waals surface area contributed by atoms with Crippen LogP contribution in [-0.4, -0.2) is 13.2 Å². The molecule has 0 N–H and O–H groups in total. The highest BCUT2D eigenvalue weighted by molar-refractivity contribution is 5.95. The van der Waals surface area contributed by atoms with Crippen LogP contribution in [0.5, 0.6) is 11.5 Å². The van der Waals surface area contributed by atoms with E-state index in [1.165, 1.54) is 32.7 Å². The molecular formula is C23H16O2. The molecule has 0 radical (unpaired) electrons. The standard InChI is InChI=1S/C23H16O2/c1-3-7-17-15(5-1)9-11-19-21(17)23(13-24-19)14-25-20-12-10-16-6-2-4-8-18(16)22(20)23/h1-12H,13-14H2. The molecule has 2 aliphatic heterocycles. The molecule has 2 heteroatoms. The maximum atomic E-state index is 6.17. The van der Waals surface area contributed by atoms with E-state index in [9.17, 15) is 0 Å². The van der Waals surface area contributed by atoms with Crippen molar-refractivity contribution in [2.75, 3.05) is 13.2 Å². The van der Waals surface area contributed by atoms with Gasteiger partial charge in [-0.15, -0.1) is 0 Å². The van der Waals surface area contributed by atoms with Crippen molar-refractivity contribution >= 4 is 21.5 Å². The van der Waals surface area contributed by atoms with Gasteiger partial charge in [-0.1, -0.05) is 60.7 Å². The Morgan fingerprint density at radius 1 is 0.560 bits per heavy atom. The SMILES string of the molecule is c1ccc2c3c(ccc2c1)OCC31COc2ccc3ccccc3c21. The summed E-state index contributed by atoms with van der Waals surface area (Å²) in [4.78, 5) is 0. The molecule has 0 bridgehead atoms. The van der Waals surface area contributed by atoms with E-state index in [0.29, 0.717) is 13.2 Å². The van der Waals surface area contributed by atoms with Gasteiger partial charge >= 0.3 is 0 Å². The summed E-state index contributed by atoms with van der Waals surface area (Å²) in [6, 6.07) is 25.6. The lowest BCUT2D eigenvalue weighted by Crippen LogP contribution is -2.31. The van der Waals surface area contributed by atoms with Crippen LogP contribution in [0.25, 0.3) is 21.5 Å². The van der Waals surface area contributed by atoms with E-state index in [1.807, 2.05) is 0 Å². The molecule has 4 aromatic carbocycles. The van der Waals surface area contributed by atoms with Crippen LogP contribution in [0.2, 0.25) is 0 Å². The molecule has 4 aromatic rings. The number of benzene rings is 4. The number of hydrogen-bond donors (Lipinski definition) is 0. The Hall–Kier alpha value is -3.00. The topological polar surface area (TPSA) is 18.5 Å². The first-order chi connectivity index (χ1) is 12.4. The molecule has 0 saturated heterocycles. The van der Waals surface area contributed by atoms with Crippen LogP contribution in [0.3, 0.4) is 0 Å². The highest BCUT2D eigenvalue weighted by Crippen LogP contribution is 2.54. The molecule has 0 unspecified atom stereocenters. The molecule has 1 spiro atoms. The molecule has 0 aromatic heterocycles. The normalized spacial score (nSPS) is 16.6. The fourth-order valence-corrected chi connectivity index (χ4v) is 4.59. The minimum Gasteiger partial charge on any atom is -0.492 e. The van der Waals surface area contributed by atoms with E-state index >= 15 is 0 Å². The van der Waals surface area contributed by atoms with Crippen LogP contribution in [0.4, 0.5) is 0 Å². The Labute approximate surface area is 145 Å². The van der Waals surface area contributed by atoms with Gasteiger partial charge in [-0.25, -0.2) is 0 Å². The van der Waals surface area contributed by atoms with Gasteiger partial charge in [0.05, 0.1) is 5.41 Å². The first-order valence-electron chi connectivity index (χ1n) is 8.67. The van der Waals surface area contributed by atoms with Crippen LogP contribution in [-0.2, 0) is 5.41 Å². The smallest absolute Gasteiger partial charge is 0.124 e. The van der Waals surface area contributed by atoms with E-state index in [4.69, 9.17) is 9.47 Å². The van der Waals surface area contributed by atoms with E-state index in [-0.39, 0.29) is 5.41 Å². The third-order valence-electron chi connectivity index (χ3n) is 5.69. The molecule has 0 aliphatic carbocycles. The van der Waals surface area contributed by atoms with Crippen molar-refractivity contribution in [3.05, 3.63) is 83.9 Å². The summed E-state index contributed by atoms with van der Waals surface area (Å²) in [5.74, 6) is 1.98. The molecule has 0 fully saturated rings. The Kier molecular flexibility index (Phi) is 2.42. The molecule has 0 atom stereocenters. The number of rotatable bonds is 0. The Bertz CT molecular complexity index is 1070. The number of fused-ring (bicyclic) bond motifs is 8. The van der Waals surface area contributed by atoms with Gasteiger partial charge in [0.2, 0.25) is 0 Å². The van der Waals surface area contributed by atoms with Crippen molar-refractivity contribution in [2.45, 2.75) is 5.41 Å². The summed E-state index contributed by atoms with van der Waals surface area (Å²) in [5.41, 5.74) is 2.33. The fourth-order valence-electron chi connectivity index (χ4n) is 4.59. The first kappa shape index (κ1) is 13.3. The first-order valence-corrected chi connectivity index (χ1v) is 8.67. The number of ether oxygens (including phenoxy) is 2. The lowest BCUT2D eigenvalue weighted by molar-refractivity contribution is 0.238. The van der Waals surface area contributed by atoms with E-state index < -0.39 is 0 Å². The average Bonchev–Trinajstić information content (AvgIpc) is 3.24. The van der Waals surface area contributed by atoms with Gasteiger partial charge in [0.1, 0.15) is 24.7 Å². The number of hydrogen-bond acceptors (Lipinski definition) is 2. The molecule has 2 heterocycles. The molecule has 25 heavy (non-hydrogen) atoms. The molecular weight excluding hydrogens is 308 g/mol. The second-order valence-electron chi connectivity index (χ2n) is 6.98. The second kappa shape index (κ2) is 4.54. The van der Waals surface area contributed by atoms with E-state index in [1.54, 1.807) is 0 Å². The highest BCUT2D eigenvalue weighted by atomic mass is 16.5. The van der Waals surface area contributed by atoms with Crippen molar-refractivity contribution in [1.82, 2.24) is 0 Å². The van der Waals surface area contributed by atoms with Gasteiger partial charge in [0, 0.05) is 11.1 Å². The van der Waals surface area contributed by atoms with Crippen molar-refractivity contribution < 1.29 is 9.47 Å². The predicted molar refractivity (Wildman–Crippen MR) is 99.7 cm³/mol. The van der Waals surface area contributed by atoms with Crippen LogP contribution in [0, 0.1) is 0 Å². The summed E-state index contributed by atoms with van der Waals surface area (Å²) in [5, 5.41) is 5.03. The van der Waals surface area contributed by atoms with Gasteiger partial charge in [0.25, 0.3) is 0 Å². The van der Waals surface area contributed by atoms with Crippen molar-refractivity contribution in [1.29, 1.82) is 0 Å². The quantitative estimate of drug-likeness (QED) is 0.450. The average molecular weight is 324 g/mol. The molecule has 0 amide bonds. The Morgan fingerprint density at radius 2 is 1.04 bits per heavy atom. The van der Waals surface area contributed by atoms with Crippen LogP contribution in [0.15, 0.2) is 72.8 Å². The lowest BCUT2D eigenvalue weighted by atomic mass is 9.74. The fraction of sp³-hybridized carbons (Fsp3) is 0.130. The monoisotopic (exact) mass is 324 g/mol. The minimum absolute atomic E-state index is 0.230. The largest absolute Gasteiger partial charge is 0.492 e. The summed E-state index contributed by atoms with van der Waals surface area (Å²) in [6.07, 6.45) is 0. The van der Waals surface area contributed by atoms with Crippen LogP contribution in [0.1, 0.15) is 11.1 Å². The third kappa shape index (κ3) is 1.59. The van der Waals surface area contributed by atoms with Crippen LogP contribution < -0.4 is 9.47 Å². The van der Waals surface area contributed by atoms with Crippen molar-refractivity contribution in [3.8, 4) is 11.5 Å². The van der Waals surface area contributed by atoms with E-state index in [2.05, 4.69) is 72.8 Å². The van der Waals surface area contributed by atoms with Gasteiger partial charge < -0.3 is 9.47 Å². The summed E-state index contributed by atoms with van der Waals surface area (Å²) >= 11 is 0. The second-order valence-corrected chi connectivity index (χ2v) is 6.98. The van der Waals surface area contributed by atoms with Crippen molar-refractivity contribution in [3.63, 3.8) is 0 Å². The predicted octanol–water partition coefficient (Wildman–Crippen LogP) is 5.06. The zero-order valence-corrected chi connectivity index (χ0v) is 13.7. The Morgan fingerprint density at radius 3 is 1.56 bits per heavy atom. The molecule has 2 nitrogen and oxygen atoms in total. The van der Waals surface area contributed by atoms with Gasteiger partial charge in [-0.2, -0.15) is 0 Å². The van der Waals surface area contributed by atoms with Crippen molar-refractivity contribution in [2.24, 2.45) is 0 Å². The minimum atomic E-state index is -0.230. The Balaban J connectivity index is 1.76. The molecule has 0 saturated carbocycles. The molecule has 6 rings (SSSR count). The van der Waals surface area contributed by atoms with Gasteiger partial charge in [-0.05, 0) is 33.7 Å².